The van der Waals surface area contributed by atoms with E-state index in [4.69, 9.17) is 0 Å². The van der Waals surface area contributed by atoms with E-state index in [0.29, 0.717) is 35.2 Å². The second kappa shape index (κ2) is 10.6. The van der Waals surface area contributed by atoms with Gasteiger partial charge in [-0.15, -0.1) is 11.3 Å². The van der Waals surface area contributed by atoms with Gasteiger partial charge in [0.05, 0.1) is 16.8 Å². The van der Waals surface area contributed by atoms with Gasteiger partial charge in [0.25, 0.3) is 0 Å². The number of urea groups is 1. The van der Waals surface area contributed by atoms with E-state index in [1.54, 1.807) is 35.5 Å². The number of nitrogens with one attached hydrogen (secondary N) is 3. The number of carbonyl (C=O) groups excluding carboxylic acids is 1. The first-order valence-corrected chi connectivity index (χ1v) is 12.6. The minimum absolute atomic E-state index is 0.180. The number of anilines is 5. The molecule has 0 bridgehead atoms. The second-order valence-electron chi connectivity index (χ2n) is 8.62. The number of carbonyl (C=O) groups is 1. The van der Waals surface area contributed by atoms with Gasteiger partial charge >= 0.3 is 12.2 Å². The van der Waals surface area contributed by atoms with Crippen LogP contribution in [0.25, 0.3) is 10.7 Å². The summed E-state index contributed by atoms with van der Waals surface area (Å²) in [5.41, 5.74) is 2.31. The fourth-order valence-corrected chi connectivity index (χ4v) is 4.68. The molecule has 1 saturated heterocycles. The molecule has 3 aromatic heterocycles. The smallest absolute Gasteiger partial charge is 0.340 e. The molecule has 5 rings (SSSR count). The minimum Gasteiger partial charge on any atom is -0.340 e. The van der Waals surface area contributed by atoms with Crippen LogP contribution in [0, 0.1) is 6.92 Å². The molecule has 0 aliphatic carbocycles. The highest BCUT2D eigenvalue weighted by Crippen LogP contribution is 2.39. The summed E-state index contributed by atoms with van der Waals surface area (Å²) in [6.45, 7) is 3.27. The molecule has 0 radical (unpaired) electrons. The Morgan fingerprint density at radius 1 is 1.00 bits per heavy atom. The first-order chi connectivity index (χ1) is 18.3. The van der Waals surface area contributed by atoms with Gasteiger partial charge in [0.1, 0.15) is 10.7 Å². The van der Waals surface area contributed by atoms with E-state index in [1.165, 1.54) is 22.9 Å². The fraction of sp³-hybridized carbons (Fsp3) is 0.240. The van der Waals surface area contributed by atoms with E-state index in [0.717, 1.165) is 24.6 Å². The zero-order valence-corrected chi connectivity index (χ0v) is 21.0. The Morgan fingerprint density at radius 2 is 1.76 bits per heavy atom. The van der Waals surface area contributed by atoms with Gasteiger partial charge in [0.2, 0.25) is 0 Å². The molecule has 196 valence electrons. The van der Waals surface area contributed by atoms with Gasteiger partial charge in [-0.25, -0.2) is 24.7 Å². The molecule has 4 heterocycles. The number of aromatic nitrogens is 4. The van der Waals surface area contributed by atoms with Crippen molar-refractivity contribution in [1.29, 1.82) is 0 Å². The molecule has 13 heteroatoms. The SMILES string of the molecule is Cc1ccc(NC(=O)N2CCCC2)cc1Nc1cc(Nc2ncsc2-c2ncccn2)c(C(F)(F)F)cn1. The summed E-state index contributed by atoms with van der Waals surface area (Å²) in [7, 11) is 0. The molecule has 0 atom stereocenters. The maximum absolute atomic E-state index is 13.8. The van der Waals surface area contributed by atoms with Gasteiger partial charge in [-0.2, -0.15) is 13.2 Å². The molecule has 3 N–H and O–H groups in total. The van der Waals surface area contributed by atoms with Gasteiger partial charge in [-0.05, 0) is 43.5 Å². The van der Waals surface area contributed by atoms with Crippen LogP contribution in [0.15, 0.2) is 54.4 Å². The number of thiazole rings is 1. The Hall–Kier alpha value is -4.26. The number of nitrogens with zero attached hydrogens (tertiary/aromatic N) is 5. The third kappa shape index (κ3) is 5.67. The van der Waals surface area contributed by atoms with Gasteiger partial charge in [0, 0.05) is 49.1 Å². The van der Waals surface area contributed by atoms with Crippen LogP contribution in [0.1, 0.15) is 24.0 Å². The van der Waals surface area contributed by atoms with Crippen LogP contribution in [0.3, 0.4) is 0 Å². The third-order valence-corrected chi connectivity index (χ3v) is 6.77. The number of likely N-dealkylation sites (tertiary alicyclic amines) is 1. The van der Waals surface area contributed by atoms with Crippen molar-refractivity contribution >= 4 is 46.1 Å². The van der Waals surface area contributed by atoms with Gasteiger partial charge in [-0.3, -0.25) is 0 Å². The summed E-state index contributed by atoms with van der Waals surface area (Å²) >= 11 is 1.21. The first-order valence-electron chi connectivity index (χ1n) is 11.8. The molecule has 1 aromatic carbocycles. The van der Waals surface area contributed by atoms with Crippen LogP contribution in [-0.4, -0.2) is 44.0 Å². The molecule has 1 fully saturated rings. The Labute approximate surface area is 220 Å². The van der Waals surface area contributed by atoms with Crippen molar-refractivity contribution in [2.75, 3.05) is 29.0 Å². The van der Waals surface area contributed by atoms with E-state index >= 15 is 0 Å². The number of rotatable bonds is 6. The summed E-state index contributed by atoms with van der Waals surface area (Å²) < 4.78 is 41.5. The summed E-state index contributed by atoms with van der Waals surface area (Å²) in [4.78, 5) is 31.3. The second-order valence-corrected chi connectivity index (χ2v) is 9.47. The maximum atomic E-state index is 13.8. The van der Waals surface area contributed by atoms with E-state index in [2.05, 4.69) is 35.9 Å². The first kappa shape index (κ1) is 25.4. The average Bonchev–Trinajstić information content (AvgIpc) is 3.59. The topological polar surface area (TPSA) is 108 Å². The van der Waals surface area contributed by atoms with Crippen LogP contribution in [0.2, 0.25) is 0 Å². The summed E-state index contributed by atoms with van der Waals surface area (Å²) in [5.74, 6) is 0.730. The number of aryl methyl sites for hydroxylation is 1. The predicted octanol–water partition coefficient (Wildman–Crippen LogP) is 6.44. The number of amides is 2. The Kier molecular flexibility index (Phi) is 7.09. The fourth-order valence-electron chi connectivity index (χ4n) is 3.99. The number of benzene rings is 1. The van der Waals surface area contributed by atoms with Crippen molar-refractivity contribution in [3.8, 4) is 10.7 Å². The van der Waals surface area contributed by atoms with E-state index in [1.807, 2.05) is 13.0 Å². The van der Waals surface area contributed by atoms with Gasteiger partial charge in [0.15, 0.2) is 11.6 Å². The highest BCUT2D eigenvalue weighted by Gasteiger charge is 2.35. The summed E-state index contributed by atoms with van der Waals surface area (Å²) in [6.07, 6.45) is 1.17. The zero-order chi connectivity index (χ0) is 26.7. The molecule has 38 heavy (non-hydrogen) atoms. The van der Waals surface area contributed by atoms with Crippen molar-refractivity contribution in [1.82, 2.24) is 24.8 Å². The lowest BCUT2D eigenvalue weighted by Gasteiger charge is -2.18. The van der Waals surface area contributed by atoms with Crippen molar-refractivity contribution in [2.24, 2.45) is 0 Å². The van der Waals surface area contributed by atoms with Crippen LogP contribution in [0.5, 0.6) is 0 Å². The number of hydrogen-bond acceptors (Lipinski definition) is 8. The molecule has 0 spiro atoms. The lowest BCUT2D eigenvalue weighted by atomic mass is 10.1. The van der Waals surface area contributed by atoms with Crippen molar-refractivity contribution in [2.45, 2.75) is 25.9 Å². The van der Waals surface area contributed by atoms with E-state index in [9.17, 15) is 18.0 Å². The van der Waals surface area contributed by atoms with E-state index in [-0.39, 0.29) is 23.4 Å². The molecule has 4 aromatic rings. The molecule has 9 nitrogen and oxygen atoms in total. The van der Waals surface area contributed by atoms with Crippen molar-refractivity contribution in [3.63, 3.8) is 0 Å². The van der Waals surface area contributed by atoms with Gasteiger partial charge in [-0.1, -0.05) is 6.07 Å². The van der Waals surface area contributed by atoms with Crippen molar-refractivity contribution < 1.29 is 18.0 Å². The monoisotopic (exact) mass is 540 g/mol. The molecule has 0 saturated carbocycles. The molecular formula is C25H23F3N8OS. The summed E-state index contributed by atoms with van der Waals surface area (Å²) in [5, 5.41) is 8.74. The largest absolute Gasteiger partial charge is 0.419 e. The normalized spacial score (nSPS) is 13.4. The van der Waals surface area contributed by atoms with Gasteiger partial charge < -0.3 is 20.9 Å². The number of pyridine rings is 1. The minimum atomic E-state index is -4.65. The highest BCUT2D eigenvalue weighted by molar-refractivity contribution is 7.13. The quantitative estimate of drug-likeness (QED) is 0.258. The number of alkyl halides is 3. The average molecular weight is 541 g/mol. The van der Waals surface area contributed by atoms with Crippen molar-refractivity contribution in [3.05, 3.63) is 65.6 Å². The maximum Gasteiger partial charge on any atom is 0.419 e. The number of hydrogen-bond donors (Lipinski definition) is 3. The van der Waals surface area contributed by atoms with Crippen LogP contribution < -0.4 is 16.0 Å². The molecule has 2 amide bonds. The standard InChI is InChI=1S/C25H23F3N8OS/c1-15-5-6-16(33-24(37)36-9-2-3-10-36)11-18(15)34-20-12-19(17(13-31-20)25(26,27)28)35-23-21(38-14-32-23)22-29-7-4-8-30-22/h4-8,11-14H,2-3,9-10H2,1H3,(H,33,37)(H2,31,34,35). The lowest BCUT2D eigenvalue weighted by molar-refractivity contribution is -0.137. The summed E-state index contributed by atoms with van der Waals surface area (Å²) in [6, 6.07) is 8.05. The molecule has 0 unspecified atom stereocenters. The van der Waals surface area contributed by atoms with Crippen LogP contribution in [0.4, 0.5) is 46.7 Å². The predicted molar refractivity (Wildman–Crippen MR) is 140 cm³/mol. The number of halogens is 3. The lowest BCUT2D eigenvalue weighted by Crippen LogP contribution is -2.32. The third-order valence-electron chi connectivity index (χ3n) is 5.94. The molecular weight excluding hydrogens is 517 g/mol. The van der Waals surface area contributed by atoms with Crippen LogP contribution >= 0.6 is 11.3 Å². The molecule has 1 aliphatic rings. The Balaban J connectivity index is 1.42. The Bertz CT molecular complexity index is 1440. The highest BCUT2D eigenvalue weighted by atomic mass is 32.1. The zero-order valence-electron chi connectivity index (χ0n) is 20.2. The Morgan fingerprint density at radius 3 is 2.50 bits per heavy atom. The van der Waals surface area contributed by atoms with Crippen LogP contribution in [-0.2, 0) is 6.18 Å². The van der Waals surface area contributed by atoms with E-state index < -0.39 is 11.7 Å². The molecule has 1 aliphatic heterocycles.